The summed E-state index contributed by atoms with van der Waals surface area (Å²) in [5, 5.41) is 0.998. The minimum Gasteiger partial charge on any atom is -0.494 e. The van der Waals surface area contributed by atoms with Gasteiger partial charge in [0.1, 0.15) is 10.9 Å². The van der Waals surface area contributed by atoms with E-state index in [0.717, 1.165) is 41.2 Å². The van der Waals surface area contributed by atoms with Gasteiger partial charge < -0.3 is 4.74 Å². The molecule has 0 atom stereocenters. The molecule has 33 heavy (non-hydrogen) atoms. The molecule has 1 fully saturated rings. The predicted octanol–water partition coefficient (Wildman–Crippen LogP) is 5.67. The van der Waals surface area contributed by atoms with Crippen molar-refractivity contribution in [1.82, 2.24) is 9.29 Å². The van der Waals surface area contributed by atoms with Gasteiger partial charge in [-0.15, -0.1) is 0 Å². The third-order valence-corrected chi connectivity index (χ3v) is 7.93. The van der Waals surface area contributed by atoms with Gasteiger partial charge in [0, 0.05) is 30.9 Å². The van der Waals surface area contributed by atoms with Gasteiger partial charge in [-0.1, -0.05) is 47.5 Å². The third-order valence-electron chi connectivity index (χ3n) is 5.51. The average Bonchev–Trinajstić information content (AvgIpc) is 3.11. The summed E-state index contributed by atoms with van der Waals surface area (Å²) in [4.78, 5) is 3.91. The van der Waals surface area contributed by atoms with Crippen molar-refractivity contribution in [3.63, 3.8) is 0 Å². The Bertz CT molecular complexity index is 1170. The summed E-state index contributed by atoms with van der Waals surface area (Å²) in [6.45, 7) is 1.97. The Labute approximate surface area is 204 Å². The topological polar surface area (TPSA) is 62.7 Å². The lowest BCUT2D eigenvalue weighted by atomic mass is 10.1. The number of pyridine rings is 1. The number of benzene rings is 2. The molecule has 1 aliphatic heterocycles. The first-order valence-electron chi connectivity index (χ1n) is 10.8. The lowest BCUT2D eigenvalue weighted by Crippen LogP contribution is -2.33. The largest absolute Gasteiger partial charge is 0.494 e. The normalized spacial score (nSPS) is 15.6. The van der Waals surface area contributed by atoms with Crippen molar-refractivity contribution in [2.75, 3.05) is 30.5 Å². The lowest BCUT2D eigenvalue weighted by Gasteiger charge is -2.20. The monoisotopic (exact) mass is 505 g/mol. The van der Waals surface area contributed by atoms with E-state index in [-0.39, 0.29) is 5.15 Å². The molecule has 0 unspecified atom stereocenters. The highest BCUT2D eigenvalue weighted by atomic mass is 35.5. The molecule has 9 heteroatoms. The van der Waals surface area contributed by atoms with E-state index in [9.17, 15) is 8.42 Å². The van der Waals surface area contributed by atoms with Gasteiger partial charge in [-0.2, -0.15) is 12.7 Å². The fourth-order valence-corrected chi connectivity index (χ4v) is 5.69. The number of aromatic nitrogens is 1. The molecule has 4 rings (SSSR count). The molecule has 0 spiro atoms. The number of hydrogen-bond acceptors (Lipinski definition) is 4. The van der Waals surface area contributed by atoms with Gasteiger partial charge in [0.25, 0.3) is 0 Å². The molecule has 2 aromatic carbocycles. The van der Waals surface area contributed by atoms with Crippen molar-refractivity contribution < 1.29 is 13.2 Å². The van der Waals surface area contributed by atoms with Gasteiger partial charge >= 0.3 is 10.2 Å². The molecule has 1 aliphatic rings. The van der Waals surface area contributed by atoms with E-state index in [2.05, 4.69) is 4.98 Å². The van der Waals surface area contributed by atoms with Crippen LogP contribution in [0.15, 0.2) is 66.9 Å². The number of anilines is 1. The highest BCUT2D eigenvalue weighted by molar-refractivity contribution is 7.90. The number of unbranched alkanes of at least 4 members (excludes halogenated alkanes) is 2. The average molecular weight is 506 g/mol. The molecule has 6 nitrogen and oxygen atoms in total. The van der Waals surface area contributed by atoms with Crippen molar-refractivity contribution in [3.8, 4) is 16.9 Å². The van der Waals surface area contributed by atoms with Crippen LogP contribution in [0.5, 0.6) is 5.75 Å². The fraction of sp³-hybridized carbons (Fsp3) is 0.292. The second-order valence-corrected chi connectivity index (χ2v) is 10.4. The van der Waals surface area contributed by atoms with E-state index in [0.29, 0.717) is 31.9 Å². The first-order chi connectivity index (χ1) is 15.9. The van der Waals surface area contributed by atoms with Crippen LogP contribution in [0.4, 0.5) is 5.69 Å². The van der Waals surface area contributed by atoms with E-state index < -0.39 is 10.2 Å². The molecule has 1 saturated heterocycles. The van der Waals surface area contributed by atoms with E-state index in [1.54, 1.807) is 12.1 Å². The number of hydrogen-bond donors (Lipinski definition) is 0. The quantitative estimate of drug-likeness (QED) is 0.277. The van der Waals surface area contributed by atoms with Crippen LogP contribution in [0.1, 0.15) is 19.3 Å². The van der Waals surface area contributed by atoms with Gasteiger partial charge in [-0.3, -0.25) is 4.31 Å². The molecule has 0 radical (unpaired) electrons. The molecule has 0 amide bonds. The standard InChI is InChI=1S/C24H25Cl2N3O3S/c25-21-8-4-19(5-9-21)20-6-10-23(11-7-20)32-17-3-1-2-14-28-15-16-29(33(28,30)31)22-12-13-27-24(26)18-22/h4-13,18H,1-3,14-17H2. The summed E-state index contributed by atoms with van der Waals surface area (Å²) in [5.74, 6) is 0.821. The molecule has 2 heterocycles. The zero-order valence-corrected chi connectivity index (χ0v) is 20.4. The minimum absolute atomic E-state index is 0.278. The Kier molecular flexibility index (Phi) is 7.75. The van der Waals surface area contributed by atoms with Gasteiger partial charge in [0.05, 0.1) is 12.3 Å². The molecular weight excluding hydrogens is 481 g/mol. The fourth-order valence-electron chi connectivity index (χ4n) is 3.75. The Balaban J connectivity index is 1.18. The van der Waals surface area contributed by atoms with Gasteiger partial charge in [0.2, 0.25) is 0 Å². The smallest absolute Gasteiger partial charge is 0.304 e. The van der Waals surface area contributed by atoms with E-state index in [4.69, 9.17) is 27.9 Å². The Morgan fingerprint density at radius 1 is 0.879 bits per heavy atom. The van der Waals surface area contributed by atoms with Gasteiger partial charge in [0.15, 0.2) is 0 Å². The molecule has 1 aromatic heterocycles. The number of rotatable bonds is 9. The van der Waals surface area contributed by atoms with Crippen LogP contribution >= 0.6 is 23.2 Å². The van der Waals surface area contributed by atoms with Crippen molar-refractivity contribution >= 4 is 39.1 Å². The van der Waals surface area contributed by atoms with Crippen LogP contribution in [-0.4, -0.2) is 43.9 Å². The Hall–Kier alpha value is -2.32. The number of nitrogens with zero attached hydrogens (tertiary/aromatic N) is 3. The van der Waals surface area contributed by atoms with Crippen LogP contribution in [0.3, 0.4) is 0 Å². The lowest BCUT2D eigenvalue weighted by molar-refractivity contribution is 0.302. The highest BCUT2D eigenvalue weighted by Crippen LogP contribution is 2.27. The van der Waals surface area contributed by atoms with Crippen molar-refractivity contribution in [2.45, 2.75) is 19.3 Å². The number of ether oxygens (including phenoxy) is 1. The highest BCUT2D eigenvalue weighted by Gasteiger charge is 2.36. The predicted molar refractivity (Wildman–Crippen MR) is 133 cm³/mol. The second kappa shape index (κ2) is 10.7. The third kappa shape index (κ3) is 5.98. The SMILES string of the molecule is O=S1(=O)N(CCCCCOc2ccc(-c3ccc(Cl)cc3)cc2)CCN1c1ccnc(Cl)c1. The first-order valence-corrected chi connectivity index (χ1v) is 13.0. The van der Waals surface area contributed by atoms with Crippen LogP contribution in [0, 0.1) is 0 Å². The first kappa shape index (κ1) is 23.8. The Morgan fingerprint density at radius 3 is 2.27 bits per heavy atom. The maximum absolute atomic E-state index is 12.8. The summed E-state index contributed by atoms with van der Waals surface area (Å²) >= 11 is 11.9. The van der Waals surface area contributed by atoms with Crippen molar-refractivity contribution in [1.29, 1.82) is 0 Å². The molecule has 0 saturated carbocycles. The van der Waals surface area contributed by atoms with E-state index in [1.807, 2.05) is 48.5 Å². The molecule has 0 bridgehead atoms. The van der Waals surface area contributed by atoms with E-state index in [1.165, 1.54) is 14.8 Å². The Morgan fingerprint density at radius 2 is 1.58 bits per heavy atom. The van der Waals surface area contributed by atoms with Gasteiger partial charge in [-0.05, 0) is 66.8 Å². The van der Waals surface area contributed by atoms with Crippen molar-refractivity contribution in [3.05, 3.63) is 77.0 Å². The molecule has 3 aromatic rings. The van der Waals surface area contributed by atoms with Crippen LogP contribution in [0.25, 0.3) is 11.1 Å². The van der Waals surface area contributed by atoms with Crippen LogP contribution in [-0.2, 0) is 10.2 Å². The number of halogens is 2. The maximum atomic E-state index is 12.8. The van der Waals surface area contributed by atoms with Crippen LogP contribution < -0.4 is 9.04 Å². The summed E-state index contributed by atoms with van der Waals surface area (Å²) in [5.41, 5.74) is 2.76. The summed E-state index contributed by atoms with van der Waals surface area (Å²) in [6.07, 6.45) is 4.04. The molecule has 174 valence electrons. The zero-order valence-electron chi connectivity index (χ0n) is 18.0. The second-order valence-electron chi connectivity index (χ2n) is 7.76. The summed E-state index contributed by atoms with van der Waals surface area (Å²) in [6, 6.07) is 18.9. The summed E-state index contributed by atoms with van der Waals surface area (Å²) in [7, 11) is -3.52. The molecule has 0 N–H and O–H groups in total. The maximum Gasteiger partial charge on any atom is 0.304 e. The minimum atomic E-state index is -3.52. The summed E-state index contributed by atoms with van der Waals surface area (Å²) < 4.78 is 34.4. The molecule has 0 aliphatic carbocycles. The molecular formula is C24H25Cl2N3O3S. The zero-order chi connectivity index (χ0) is 23.3. The van der Waals surface area contributed by atoms with Gasteiger partial charge in [-0.25, -0.2) is 4.98 Å². The van der Waals surface area contributed by atoms with Crippen molar-refractivity contribution in [2.24, 2.45) is 0 Å². The van der Waals surface area contributed by atoms with E-state index >= 15 is 0 Å². The van der Waals surface area contributed by atoms with Crippen LogP contribution in [0.2, 0.25) is 10.2 Å².